The minimum Gasteiger partial charge on any atom is -0.457 e. The first-order valence-corrected chi connectivity index (χ1v) is 9.24. The Labute approximate surface area is 156 Å². The number of aliphatic hydroxyl groups excluding tert-OH is 1. The van der Waals surface area contributed by atoms with Crippen molar-refractivity contribution in [3.63, 3.8) is 0 Å². The van der Waals surface area contributed by atoms with Crippen LogP contribution < -0.4 is 10.5 Å². The summed E-state index contributed by atoms with van der Waals surface area (Å²) in [5.41, 5.74) is -0.402. The molecule has 0 saturated carbocycles. The summed E-state index contributed by atoms with van der Waals surface area (Å²) in [5, 5.41) is 19.0. The van der Waals surface area contributed by atoms with Crippen molar-refractivity contribution >= 4 is 9.84 Å². The Morgan fingerprint density at radius 2 is 1.89 bits per heavy atom. The highest BCUT2D eigenvalue weighted by atomic mass is 32.2. The van der Waals surface area contributed by atoms with Crippen LogP contribution >= 0.6 is 0 Å². The van der Waals surface area contributed by atoms with Gasteiger partial charge in [-0.1, -0.05) is 0 Å². The Hall–Kier alpha value is -2.68. The first kappa shape index (κ1) is 20.1. The number of rotatable bonds is 3. The van der Waals surface area contributed by atoms with Crippen LogP contribution in [-0.4, -0.2) is 19.0 Å². The summed E-state index contributed by atoms with van der Waals surface area (Å²) in [5.74, 6) is -1.07. The number of hydrogen-bond acceptors (Lipinski definition) is 6. The molecule has 148 valence electrons. The van der Waals surface area contributed by atoms with Crippen molar-refractivity contribution in [2.75, 3.05) is 0 Å². The van der Waals surface area contributed by atoms with E-state index in [-0.39, 0.29) is 29.0 Å². The van der Waals surface area contributed by atoms with Gasteiger partial charge in [0, 0.05) is 23.2 Å². The molecule has 0 unspecified atom stereocenters. The summed E-state index contributed by atoms with van der Waals surface area (Å²) in [7, 11) is -5.74. The molecule has 0 heterocycles. The van der Waals surface area contributed by atoms with Gasteiger partial charge in [-0.25, -0.2) is 12.8 Å². The lowest BCUT2D eigenvalue weighted by Gasteiger charge is -2.18. The summed E-state index contributed by atoms with van der Waals surface area (Å²) in [4.78, 5) is -1.11. The number of fused-ring (bicyclic) bond motifs is 1. The van der Waals surface area contributed by atoms with E-state index in [0.717, 1.165) is 18.2 Å². The zero-order valence-electron chi connectivity index (χ0n) is 13.9. The van der Waals surface area contributed by atoms with Crippen LogP contribution in [0.2, 0.25) is 0 Å². The fraction of sp³-hybridized carbons (Fsp3) is 0.235. The molecule has 6 nitrogen and oxygen atoms in total. The van der Waals surface area contributed by atoms with Gasteiger partial charge in [0.2, 0.25) is 0 Å². The van der Waals surface area contributed by atoms with Crippen molar-refractivity contribution in [3.05, 3.63) is 52.8 Å². The second-order valence-corrected chi connectivity index (χ2v) is 8.00. The molecule has 3 rings (SSSR count). The molecule has 0 spiro atoms. The third-order valence-electron chi connectivity index (χ3n) is 4.21. The van der Waals surface area contributed by atoms with E-state index in [9.17, 15) is 31.1 Å². The number of sulfone groups is 1. The number of ether oxygens (including phenoxy) is 1. The maximum absolute atomic E-state index is 13.6. The van der Waals surface area contributed by atoms with E-state index in [1.165, 1.54) is 6.07 Å². The molecule has 0 saturated heterocycles. The van der Waals surface area contributed by atoms with Gasteiger partial charge in [-0.05, 0) is 30.7 Å². The number of nitriles is 1. The van der Waals surface area contributed by atoms with Gasteiger partial charge in [-0.2, -0.15) is 18.4 Å². The van der Waals surface area contributed by atoms with Crippen LogP contribution in [-0.2, 0) is 9.84 Å². The van der Waals surface area contributed by atoms with Crippen LogP contribution in [0.15, 0.2) is 35.2 Å². The minimum atomic E-state index is -5.74. The zero-order valence-corrected chi connectivity index (χ0v) is 14.7. The van der Waals surface area contributed by atoms with Gasteiger partial charge in [0.15, 0.2) is 0 Å². The van der Waals surface area contributed by atoms with Crippen molar-refractivity contribution in [2.24, 2.45) is 5.73 Å². The Bertz CT molecular complexity index is 1090. The van der Waals surface area contributed by atoms with Crippen molar-refractivity contribution in [3.8, 4) is 17.6 Å². The van der Waals surface area contributed by atoms with Crippen LogP contribution in [0.5, 0.6) is 11.5 Å². The van der Waals surface area contributed by atoms with Gasteiger partial charge in [0.1, 0.15) is 17.3 Å². The lowest BCUT2D eigenvalue weighted by atomic mass is 10.1. The summed E-state index contributed by atoms with van der Waals surface area (Å²) in [6.07, 6.45) is -1.77. The fourth-order valence-electron chi connectivity index (χ4n) is 3.06. The third-order valence-corrected chi connectivity index (χ3v) is 5.76. The molecule has 0 amide bonds. The molecular formula is C17H12F4N2O4S. The number of aliphatic hydroxyl groups is 1. The average Bonchev–Trinajstić information content (AvgIpc) is 2.88. The van der Waals surface area contributed by atoms with E-state index in [1.807, 2.05) is 0 Å². The molecule has 11 heteroatoms. The van der Waals surface area contributed by atoms with Gasteiger partial charge in [-0.3, -0.25) is 0 Å². The smallest absolute Gasteiger partial charge is 0.457 e. The predicted octanol–water partition coefficient (Wildman–Crippen LogP) is 3.22. The van der Waals surface area contributed by atoms with Gasteiger partial charge in [0.25, 0.3) is 9.84 Å². The number of nitrogens with zero attached hydrogens (tertiary/aromatic N) is 1. The Kier molecular flexibility index (Phi) is 4.82. The molecule has 2 atom stereocenters. The lowest BCUT2D eigenvalue weighted by Crippen LogP contribution is -2.25. The summed E-state index contributed by atoms with van der Waals surface area (Å²) < 4.78 is 81.7. The Balaban J connectivity index is 2.17. The highest BCUT2D eigenvalue weighted by Crippen LogP contribution is 2.48. The normalized spacial score (nSPS) is 19.2. The predicted molar refractivity (Wildman–Crippen MR) is 87.4 cm³/mol. The quantitative estimate of drug-likeness (QED) is 0.743. The SMILES string of the molecule is N#Cc1cc(F)cc(Oc2ccc(S(=O)(=O)C(F)(F)F)c3c2[C@@H](N)C[C@H]3O)c1. The molecule has 0 fully saturated rings. The Morgan fingerprint density at radius 3 is 2.50 bits per heavy atom. The monoisotopic (exact) mass is 416 g/mol. The van der Waals surface area contributed by atoms with Gasteiger partial charge >= 0.3 is 5.51 Å². The second-order valence-electron chi connectivity index (χ2n) is 6.09. The third kappa shape index (κ3) is 3.30. The summed E-state index contributed by atoms with van der Waals surface area (Å²) >= 11 is 0. The molecule has 2 aromatic rings. The molecular weight excluding hydrogens is 404 g/mol. The van der Waals surface area contributed by atoms with E-state index in [4.69, 9.17) is 15.7 Å². The van der Waals surface area contributed by atoms with Gasteiger partial charge < -0.3 is 15.6 Å². The molecule has 0 aliphatic heterocycles. The highest BCUT2D eigenvalue weighted by Gasteiger charge is 2.50. The molecule has 0 bridgehead atoms. The molecule has 3 N–H and O–H groups in total. The zero-order chi connectivity index (χ0) is 20.9. The fourth-order valence-corrected chi connectivity index (χ4v) is 4.09. The Morgan fingerprint density at radius 1 is 1.21 bits per heavy atom. The maximum atomic E-state index is 13.6. The highest BCUT2D eigenvalue weighted by molar-refractivity contribution is 7.92. The van der Waals surface area contributed by atoms with Crippen molar-refractivity contribution in [1.29, 1.82) is 5.26 Å². The minimum absolute atomic E-state index is 0.0627. The van der Waals surface area contributed by atoms with Crippen molar-refractivity contribution in [1.82, 2.24) is 0 Å². The van der Waals surface area contributed by atoms with E-state index in [0.29, 0.717) is 6.07 Å². The van der Waals surface area contributed by atoms with Gasteiger partial charge in [-0.15, -0.1) is 0 Å². The number of halogens is 4. The first-order chi connectivity index (χ1) is 13.0. The topological polar surface area (TPSA) is 113 Å². The van der Waals surface area contributed by atoms with E-state index in [1.54, 1.807) is 6.07 Å². The van der Waals surface area contributed by atoms with Crippen LogP contribution in [0.4, 0.5) is 17.6 Å². The number of nitrogens with two attached hydrogens (primary N) is 1. The lowest BCUT2D eigenvalue weighted by molar-refractivity contribution is -0.0437. The van der Waals surface area contributed by atoms with Crippen LogP contribution in [0.3, 0.4) is 0 Å². The van der Waals surface area contributed by atoms with Crippen LogP contribution in [0.25, 0.3) is 0 Å². The van der Waals surface area contributed by atoms with E-state index < -0.39 is 43.8 Å². The molecule has 1 aliphatic rings. The maximum Gasteiger partial charge on any atom is 0.501 e. The molecule has 0 aromatic heterocycles. The first-order valence-electron chi connectivity index (χ1n) is 7.76. The van der Waals surface area contributed by atoms with E-state index >= 15 is 0 Å². The number of hydrogen-bond donors (Lipinski definition) is 2. The number of alkyl halides is 3. The van der Waals surface area contributed by atoms with Crippen molar-refractivity contribution in [2.45, 2.75) is 29.0 Å². The summed E-state index contributed by atoms with van der Waals surface area (Å²) in [6, 6.07) is 5.39. The second kappa shape index (κ2) is 6.73. The van der Waals surface area contributed by atoms with Gasteiger partial charge in [0.05, 0.1) is 22.6 Å². The molecule has 0 radical (unpaired) electrons. The molecule has 28 heavy (non-hydrogen) atoms. The summed E-state index contributed by atoms with van der Waals surface area (Å²) in [6.45, 7) is 0. The van der Waals surface area contributed by atoms with E-state index in [2.05, 4.69) is 0 Å². The standard InChI is InChI=1S/C17H12F4N2O4S/c18-9-3-8(7-22)4-10(5-9)27-13-1-2-14(28(25,26)17(19,20)21)16-12(24)6-11(23)15(13)16/h1-5,11-12,24H,6,23H2/t11-,12+/m0/s1. The number of benzene rings is 2. The molecule has 2 aromatic carbocycles. The van der Waals surface area contributed by atoms with Crippen LogP contribution in [0, 0.1) is 17.1 Å². The largest absolute Gasteiger partial charge is 0.501 e. The molecule has 1 aliphatic carbocycles. The van der Waals surface area contributed by atoms with Crippen molar-refractivity contribution < 1.29 is 35.8 Å². The van der Waals surface area contributed by atoms with Crippen LogP contribution in [0.1, 0.15) is 35.3 Å². The average molecular weight is 416 g/mol.